The molecule has 0 spiro atoms. The fourth-order valence-corrected chi connectivity index (χ4v) is 3.11. The Labute approximate surface area is 130 Å². The molecule has 0 aliphatic carbocycles. The van der Waals surface area contributed by atoms with Crippen LogP contribution in [0.25, 0.3) is 0 Å². The van der Waals surface area contributed by atoms with Gasteiger partial charge in [-0.2, -0.15) is 0 Å². The van der Waals surface area contributed by atoms with Crippen LogP contribution in [0.3, 0.4) is 0 Å². The van der Waals surface area contributed by atoms with E-state index in [9.17, 15) is 9.18 Å². The van der Waals surface area contributed by atoms with Gasteiger partial charge in [0, 0.05) is 51.4 Å². The average molecular weight is 306 g/mol. The first-order valence-electron chi connectivity index (χ1n) is 7.94. The summed E-state index contributed by atoms with van der Waals surface area (Å²) in [5, 5.41) is 0. The van der Waals surface area contributed by atoms with E-state index in [1.165, 1.54) is 6.07 Å². The number of rotatable bonds is 3. The van der Waals surface area contributed by atoms with Gasteiger partial charge in [0.15, 0.2) is 0 Å². The highest BCUT2D eigenvalue weighted by molar-refractivity contribution is 5.79. The normalized spacial score (nSPS) is 21.0. The van der Waals surface area contributed by atoms with Crippen LogP contribution in [0.2, 0.25) is 0 Å². The molecule has 2 aliphatic rings. The summed E-state index contributed by atoms with van der Waals surface area (Å²) in [6.07, 6.45) is 0.938. The average Bonchev–Trinajstić information content (AvgIpc) is 2.96. The number of carbonyl (C=O) groups excluding carboxylic acids is 1. The molecule has 2 heterocycles. The maximum Gasteiger partial charge on any atom is 0.228 e. The fraction of sp³-hybridized carbons (Fsp3) is 0.562. The van der Waals surface area contributed by atoms with Gasteiger partial charge in [0.25, 0.3) is 0 Å². The van der Waals surface area contributed by atoms with Crippen LogP contribution < -0.4 is 10.9 Å². The Morgan fingerprint density at radius 1 is 1.14 bits per heavy atom. The number of halogens is 1. The number of nitrogens with zero attached hydrogens (tertiary/aromatic N) is 2. The van der Waals surface area contributed by atoms with Crippen LogP contribution in [0, 0.1) is 11.7 Å². The summed E-state index contributed by atoms with van der Waals surface area (Å²) in [7, 11) is 0. The van der Waals surface area contributed by atoms with E-state index < -0.39 is 0 Å². The quantitative estimate of drug-likeness (QED) is 0.858. The van der Waals surface area contributed by atoms with Gasteiger partial charge < -0.3 is 4.90 Å². The van der Waals surface area contributed by atoms with Gasteiger partial charge in [-0.25, -0.2) is 4.39 Å². The fourth-order valence-electron chi connectivity index (χ4n) is 3.11. The molecule has 0 unspecified atom stereocenters. The van der Waals surface area contributed by atoms with Gasteiger partial charge in [0.1, 0.15) is 5.82 Å². The maximum atomic E-state index is 13.8. The topological polar surface area (TPSA) is 47.6 Å². The molecule has 5 nitrogen and oxygen atoms in total. The van der Waals surface area contributed by atoms with E-state index >= 15 is 0 Å². The minimum Gasteiger partial charge on any atom is -0.341 e. The Bertz CT molecular complexity index is 519. The Hall–Kier alpha value is -1.50. The van der Waals surface area contributed by atoms with E-state index in [1.807, 2.05) is 17.0 Å². The van der Waals surface area contributed by atoms with E-state index in [0.29, 0.717) is 19.6 Å². The second kappa shape index (κ2) is 7.17. The summed E-state index contributed by atoms with van der Waals surface area (Å²) >= 11 is 0. The van der Waals surface area contributed by atoms with Crippen molar-refractivity contribution in [3.8, 4) is 0 Å². The van der Waals surface area contributed by atoms with Crippen molar-refractivity contribution >= 4 is 5.91 Å². The second-order valence-corrected chi connectivity index (χ2v) is 6.01. The molecule has 1 aromatic carbocycles. The highest BCUT2D eigenvalue weighted by Gasteiger charge is 2.28. The maximum absolute atomic E-state index is 13.8. The largest absolute Gasteiger partial charge is 0.341 e. The van der Waals surface area contributed by atoms with Crippen LogP contribution in [0.1, 0.15) is 12.0 Å². The Morgan fingerprint density at radius 3 is 2.68 bits per heavy atom. The first-order chi connectivity index (χ1) is 10.7. The monoisotopic (exact) mass is 306 g/mol. The highest BCUT2D eigenvalue weighted by Crippen LogP contribution is 2.14. The molecule has 1 amide bonds. The lowest BCUT2D eigenvalue weighted by Gasteiger charge is -2.24. The van der Waals surface area contributed by atoms with Crippen LogP contribution in [-0.2, 0) is 11.3 Å². The van der Waals surface area contributed by atoms with Crippen molar-refractivity contribution in [2.45, 2.75) is 13.0 Å². The van der Waals surface area contributed by atoms with Crippen LogP contribution in [0.5, 0.6) is 0 Å². The molecule has 0 bridgehead atoms. The summed E-state index contributed by atoms with van der Waals surface area (Å²) < 4.78 is 13.8. The summed E-state index contributed by atoms with van der Waals surface area (Å²) in [5.41, 5.74) is 6.74. The van der Waals surface area contributed by atoms with Gasteiger partial charge in [0.2, 0.25) is 5.91 Å². The van der Waals surface area contributed by atoms with E-state index in [4.69, 9.17) is 0 Å². The van der Waals surface area contributed by atoms with Crippen LogP contribution >= 0.6 is 0 Å². The number of hydrogen-bond donors (Lipinski definition) is 2. The molecule has 0 aromatic heterocycles. The molecule has 0 atom stereocenters. The van der Waals surface area contributed by atoms with Crippen LogP contribution in [0.4, 0.5) is 4.39 Å². The summed E-state index contributed by atoms with van der Waals surface area (Å²) in [6, 6.07) is 6.92. The van der Waals surface area contributed by atoms with Gasteiger partial charge in [-0.15, -0.1) is 0 Å². The summed E-state index contributed by atoms with van der Waals surface area (Å²) in [5.74, 6) is 0.117. The molecule has 6 heteroatoms. The van der Waals surface area contributed by atoms with Gasteiger partial charge >= 0.3 is 0 Å². The van der Waals surface area contributed by atoms with E-state index in [-0.39, 0.29) is 17.6 Å². The number of hydrazine groups is 1. The van der Waals surface area contributed by atoms with Gasteiger partial charge in [-0.1, -0.05) is 18.2 Å². The molecule has 3 rings (SSSR count). The number of hydrogen-bond acceptors (Lipinski definition) is 4. The molecule has 2 fully saturated rings. The van der Waals surface area contributed by atoms with Crippen molar-refractivity contribution in [3.63, 3.8) is 0 Å². The van der Waals surface area contributed by atoms with Crippen molar-refractivity contribution in [2.24, 2.45) is 5.92 Å². The van der Waals surface area contributed by atoms with Crippen molar-refractivity contribution < 1.29 is 9.18 Å². The molecule has 0 radical (unpaired) electrons. The molecule has 2 saturated heterocycles. The number of benzene rings is 1. The Balaban J connectivity index is 1.55. The zero-order valence-corrected chi connectivity index (χ0v) is 12.7. The third-order valence-corrected chi connectivity index (χ3v) is 4.42. The van der Waals surface area contributed by atoms with Crippen molar-refractivity contribution in [2.75, 3.05) is 39.3 Å². The molecular formula is C16H23FN4O. The first-order valence-corrected chi connectivity index (χ1v) is 7.94. The molecule has 22 heavy (non-hydrogen) atoms. The van der Waals surface area contributed by atoms with Crippen molar-refractivity contribution in [1.29, 1.82) is 0 Å². The van der Waals surface area contributed by atoms with Gasteiger partial charge in [0.05, 0.1) is 5.92 Å². The van der Waals surface area contributed by atoms with E-state index in [1.54, 1.807) is 6.07 Å². The minimum absolute atomic E-state index is 0.0399. The number of nitrogens with one attached hydrogen (secondary N) is 2. The third kappa shape index (κ3) is 3.63. The molecule has 0 saturated carbocycles. The smallest absolute Gasteiger partial charge is 0.228 e. The number of carbonyl (C=O) groups is 1. The minimum atomic E-state index is -0.150. The summed E-state index contributed by atoms with van der Waals surface area (Å²) in [4.78, 5) is 16.6. The predicted molar refractivity (Wildman–Crippen MR) is 82.4 cm³/mol. The van der Waals surface area contributed by atoms with Gasteiger partial charge in [-0.3, -0.25) is 20.5 Å². The lowest BCUT2D eigenvalue weighted by molar-refractivity contribution is -0.134. The van der Waals surface area contributed by atoms with Gasteiger partial charge in [-0.05, 0) is 12.5 Å². The molecule has 120 valence electrons. The zero-order chi connectivity index (χ0) is 15.4. The van der Waals surface area contributed by atoms with Crippen LogP contribution in [0.15, 0.2) is 24.3 Å². The molecule has 2 aliphatic heterocycles. The first kappa shape index (κ1) is 15.4. The second-order valence-electron chi connectivity index (χ2n) is 6.01. The zero-order valence-electron chi connectivity index (χ0n) is 12.7. The number of amides is 1. The Morgan fingerprint density at radius 2 is 1.91 bits per heavy atom. The Kier molecular flexibility index (Phi) is 5.02. The van der Waals surface area contributed by atoms with E-state index in [2.05, 4.69) is 15.8 Å². The predicted octanol–water partition coefficient (Wildman–Crippen LogP) is 0.584. The molecular weight excluding hydrogens is 283 g/mol. The van der Waals surface area contributed by atoms with Crippen molar-refractivity contribution in [3.05, 3.63) is 35.6 Å². The van der Waals surface area contributed by atoms with Crippen molar-refractivity contribution in [1.82, 2.24) is 20.7 Å². The van der Waals surface area contributed by atoms with E-state index in [0.717, 1.165) is 38.2 Å². The summed E-state index contributed by atoms with van der Waals surface area (Å²) in [6.45, 7) is 5.24. The molecule has 2 N–H and O–H groups in total. The SMILES string of the molecule is O=C(C1CNNC1)N1CCCN(Cc2ccccc2F)CC1. The lowest BCUT2D eigenvalue weighted by Crippen LogP contribution is -2.40. The standard InChI is InChI=1S/C16H23FN4O/c17-15-5-2-1-4-13(15)12-20-6-3-7-21(9-8-20)16(22)14-10-18-19-11-14/h1-2,4-5,14,18-19H,3,6-12H2. The highest BCUT2D eigenvalue weighted by atomic mass is 19.1. The third-order valence-electron chi connectivity index (χ3n) is 4.42. The molecule has 1 aromatic rings. The lowest BCUT2D eigenvalue weighted by atomic mass is 10.1. The van der Waals surface area contributed by atoms with Crippen LogP contribution in [-0.4, -0.2) is 55.0 Å².